The van der Waals surface area contributed by atoms with Crippen LogP contribution in [0.2, 0.25) is 0 Å². The summed E-state index contributed by atoms with van der Waals surface area (Å²) < 4.78 is 47.8. The number of hydrogen-bond donors (Lipinski definition) is 6. The Hall–Kier alpha value is -1.42. The van der Waals surface area contributed by atoms with Gasteiger partial charge in [0.2, 0.25) is 5.91 Å². The molecule has 0 aromatic carbocycles. The monoisotopic (exact) mass is 974 g/mol. The van der Waals surface area contributed by atoms with E-state index in [4.69, 9.17) is 9.47 Å². The predicted octanol–water partition coefficient (Wildman–Crippen LogP) is 12.5. The van der Waals surface area contributed by atoms with Gasteiger partial charge in [-0.15, -0.1) is 0 Å². The molecule has 1 aliphatic heterocycles. The number of aliphatic hydroxyl groups excluding tert-OH is 4. The number of carbonyl (C=O) groups is 1. The van der Waals surface area contributed by atoms with Crippen molar-refractivity contribution in [1.29, 1.82) is 0 Å². The van der Waals surface area contributed by atoms with E-state index in [2.05, 4.69) is 35.5 Å². The average molecular weight is 974 g/mol. The van der Waals surface area contributed by atoms with Crippen molar-refractivity contribution in [3.8, 4) is 0 Å². The van der Waals surface area contributed by atoms with Crippen molar-refractivity contribution in [3.05, 3.63) is 24.3 Å². The molecule has 0 radical (unpaired) electrons. The molecule has 13 heteroatoms. The Morgan fingerprint density at radius 1 is 0.582 bits per heavy atom. The number of amides is 1. The number of rotatable bonds is 48. The molecule has 0 aromatic rings. The SMILES string of the molecule is CCCCCCCCCCCCCC/C=C\CCCCCCCCCCC(=O)NC(COC1OC(CO)C(O)C(OS(=O)(=O)O)C1O)C(O)/C=C/CCCCCCCCCCCCCCCC. The fourth-order valence-electron chi connectivity index (χ4n) is 8.92. The minimum absolute atomic E-state index is 0.263. The summed E-state index contributed by atoms with van der Waals surface area (Å²) in [5, 5.41) is 44.9. The van der Waals surface area contributed by atoms with Crippen molar-refractivity contribution < 1.29 is 51.8 Å². The quantitative estimate of drug-likeness (QED) is 0.0193. The summed E-state index contributed by atoms with van der Waals surface area (Å²) in [7, 11) is -5.09. The number of unbranched alkanes of at least 4 members (excludes halogenated alkanes) is 34. The van der Waals surface area contributed by atoms with Crippen LogP contribution in [-0.4, -0.2) is 95.4 Å². The Morgan fingerprint density at radius 2 is 0.955 bits per heavy atom. The van der Waals surface area contributed by atoms with Gasteiger partial charge < -0.3 is 35.2 Å². The summed E-state index contributed by atoms with van der Waals surface area (Å²) in [6.07, 6.45) is 45.0. The molecular formula is C54H103NO11S. The number of hydrogen-bond acceptors (Lipinski definition) is 10. The molecule has 1 saturated heterocycles. The third-order valence-corrected chi connectivity index (χ3v) is 13.7. The van der Waals surface area contributed by atoms with Crippen molar-refractivity contribution in [2.45, 2.75) is 301 Å². The maximum atomic E-state index is 13.1. The van der Waals surface area contributed by atoms with E-state index in [1.165, 1.54) is 186 Å². The van der Waals surface area contributed by atoms with Crippen LogP contribution in [0.3, 0.4) is 0 Å². The molecule has 1 fully saturated rings. The van der Waals surface area contributed by atoms with Gasteiger partial charge in [-0.25, -0.2) is 4.18 Å². The number of ether oxygens (including phenoxy) is 2. The largest absolute Gasteiger partial charge is 0.397 e. The van der Waals surface area contributed by atoms with Crippen molar-refractivity contribution in [2.75, 3.05) is 13.2 Å². The van der Waals surface area contributed by atoms with Crippen LogP contribution in [0.25, 0.3) is 0 Å². The number of nitrogens with one attached hydrogen (secondary N) is 1. The molecule has 0 aliphatic carbocycles. The standard InChI is InChI=1S/C54H103NO11S/c1-3-5-7-9-11-13-15-17-19-21-22-23-24-25-26-27-28-30-32-34-36-38-40-42-44-50(58)55-47(46-64-54-52(60)53(66-67(61,62)63)51(59)49(45-56)65-54)48(57)43-41-39-37-35-33-31-29-20-18-16-14-12-10-8-6-4-2/h25-26,41,43,47-49,51-54,56-57,59-60H,3-24,27-40,42,44-46H2,1-2H3,(H,55,58)(H,61,62,63)/b26-25-,43-41+. The first-order valence-electron chi connectivity index (χ1n) is 27.7. The molecule has 67 heavy (non-hydrogen) atoms. The average Bonchev–Trinajstić information content (AvgIpc) is 3.30. The molecule has 6 N–H and O–H groups in total. The van der Waals surface area contributed by atoms with Gasteiger partial charge in [-0.05, 0) is 44.9 Å². The zero-order chi connectivity index (χ0) is 49.1. The Labute approximate surface area is 410 Å². The second-order valence-electron chi connectivity index (χ2n) is 19.5. The normalized spacial score (nSPS) is 20.0. The minimum atomic E-state index is -5.09. The van der Waals surface area contributed by atoms with Crippen molar-refractivity contribution in [1.82, 2.24) is 5.32 Å². The van der Waals surface area contributed by atoms with Crippen LogP contribution in [0.4, 0.5) is 0 Å². The van der Waals surface area contributed by atoms with Gasteiger partial charge in [0.15, 0.2) is 6.29 Å². The molecule has 0 saturated carbocycles. The minimum Gasteiger partial charge on any atom is -0.394 e. The summed E-state index contributed by atoms with van der Waals surface area (Å²) in [5.41, 5.74) is 0. The zero-order valence-corrected chi connectivity index (χ0v) is 43.5. The third kappa shape index (κ3) is 37.1. The first-order chi connectivity index (χ1) is 32.5. The third-order valence-electron chi connectivity index (χ3n) is 13.2. The van der Waals surface area contributed by atoms with Crippen LogP contribution in [-0.2, 0) is 28.9 Å². The van der Waals surface area contributed by atoms with Crippen molar-refractivity contribution in [3.63, 3.8) is 0 Å². The van der Waals surface area contributed by atoms with Crippen LogP contribution >= 0.6 is 0 Å². The highest BCUT2D eigenvalue weighted by Gasteiger charge is 2.48. The highest BCUT2D eigenvalue weighted by molar-refractivity contribution is 7.80. The summed E-state index contributed by atoms with van der Waals surface area (Å²) in [5.74, 6) is -0.263. The number of aliphatic hydroxyl groups is 4. The van der Waals surface area contributed by atoms with Gasteiger partial charge in [-0.1, -0.05) is 231 Å². The molecule has 7 atom stereocenters. The van der Waals surface area contributed by atoms with E-state index in [-0.39, 0.29) is 18.9 Å². The molecular weight excluding hydrogens is 871 g/mol. The molecule has 12 nitrogen and oxygen atoms in total. The highest BCUT2D eigenvalue weighted by atomic mass is 32.3. The van der Waals surface area contributed by atoms with Gasteiger partial charge >= 0.3 is 10.4 Å². The van der Waals surface area contributed by atoms with Crippen molar-refractivity contribution in [2.24, 2.45) is 0 Å². The fraction of sp³-hybridized carbons (Fsp3) is 0.907. The lowest BCUT2D eigenvalue weighted by Gasteiger charge is -2.41. The van der Waals surface area contributed by atoms with Crippen LogP contribution in [0.1, 0.15) is 258 Å². The van der Waals surface area contributed by atoms with E-state index in [0.717, 1.165) is 44.9 Å². The molecule has 1 heterocycles. The first kappa shape index (κ1) is 63.6. The van der Waals surface area contributed by atoms with Gasteiger partial charge in [0, 0.05) is 6.42 Å². The van der Waals surface area contributed by atoms with Gasteiger partial charge in [0.25, 0.3) is 0 Å². The lowest BCUT2D eigenvalue weighted by atomic mass is 9.99. The molecule has 0 bridgehead atoms. The summed E-state index contributed by atoms with van der Waals surface area (Å²) >= 11 is 0. The number of allylic oxidation sites excluding steroid dienone is 3. The smallest absolute Gasteiger partial charge is 0.394 e. The lowest BCUT2D eigenvalue weighted by Crippen LogP contribution is -2.61. The Bertz CT molecular complexity index is 1280. The van der Waals surface area contributed by atoms with E-state index < -0.39 is 59.9 Å². The molecule has 1 amide bonds. The van der Waals surface area contributed by atoms with Gasteiger partial charge in [-0.3, -0.25) is 9.35 Å². The van der Waals surface area contributed by atoms with E-state index in [1.54, 1.807) is 6.08 Å². The summed E-state index contributed by atoms with van der Waals surface area (Å²) in [4.78, 5) is 13.1. The second kappa shape index (κ2) is 44.5. The summed E-state index contributed by atoms with van der Waals surface area (Å²) in [6.45, 7) is 3.42. The maximum Gasteiger partial charge on any atom is 0.397 e. The van der Waals surface area contributed by atoms with E-state index in [0.29, 0.717) is 6.42 Å². The molecule has 0 spiro atoms. The molecule has 396 valence electrons. The van der Waals surface area contributed by atoms with E-state index in [9.17, 15) is 38.2 Å². The maximum absolute atomic E-state index is 13.1. The summed E-state index contributed by atoms with van der Waals surface area (Å²) in [6, 6.07) is -0.944. The molecule has 1 aliphatic rings. The molecule has 0 aromatic heterocycles. The molecule has 7 unspecified atom stereocenters. The second-order valence-corrected chi connectivity index (χ2v) is 20.6. The van der Waals surface area contributed by atoms with Crippen LogP contribution in [0.15, 0.2) is 24.3 Å². The number of carbonyl (C=O) groups excluding carboxylic acids is 1. The van der Waals surface area contributed by atoms with E-state index >= 15 is 0 Å². The first-order valence-corrected chi connectivity index (χ1v) is 29.1. The Morgan fingerprint density at radius 3 is 1.34 bits per heavy atom. The fourth-order valence-corrected chi connectivity index (χ4v) is 9.43. The Kier molecular flexibility index (Phi) is 42.3. The van der Waals surface area contributed by atoms with Gasteiger partial charge in [0.1, 0.15) is 24.4 Å². The van der Waals surface area contributed by atoms with Crippen molar-refractivity contribution >= 4 is 16.3 Å². The van der Waals surface area contributed by atoms with E-state index in [1.807, 2.05) is 6.08 Å². The lowest BCUT2D eigenvalue weighted by molar-refractivity contribution is -0.298. The molecule has 1 rings (SSSR count). The highest BCUT2D eigenvalue weighted by Crippen LogP contribution is 2.26. The van der Waals surface area contributed by atoms with Gasteiger partial charge in [0.05, 0.1) is 25.4 Å². The van der Waals surface area contributed by atoms with Crippen LogP contribution in [0.5, 0.6) is 0 Å². The van der Waals surface area contributed by atoms with Crippen LogP contribution < -0.4 is 5.32 Å². The van der Waals surface area contributed by atoms with Gasteiger partial charge in [-0.2, -0.15) is 8.42 Å². The Balaban J connectivity index is 2.38. The topological polar surface area (TPSA) is 192 Å². The predicted molar refractivity (Wildman–Crippen MR) is 273 cm³/mol. The van der Waals surface area contributed by atoms with Crippen LogP contribution in [0, 0.1) is 0 Å². The zero-order valence-electron chi connectivity index (χ0n) is 42.7.